The van der Waals surface area contributed by atoms with Crippen LogP contribution < -0.4 is 4.90 Å². The first kappa shape index (κ1) is 24.1. The van der Waals surface area contributed by atoms with Crippen LogP contribution in [-0.2, 0) is 16.0 Å². The Kier molecular flexibility index (Phi) is 6.86. The first-order chi connectivity index (χ1) is 16.0. The molecule has 2 unspecified atom stereocenters. The van der Waals surface area contributed by atoms with Crippen molar-refractivity contribution in [2.24, 2.45) is 0 Å². The van der Waals surface area contributed by atoms with Crippen LogP contribution >= 0.6 is 24.0 Å². The van der Waals surface area contributed by atoms with Crippen LogP contribution in [0.25, 0.3) is 0 Å². The van der Waals surface area contributed by atoms with Gasteiger partial charge in [0, 0.05) is 35.0 Å². The molecule has 174 valence electrons. The number of aromatic nitrogens is 2. The molecule has 1 saturated heterocycles. The van der Waals surface area contributed by atoms with Crippen LogP contribution in [0.15, 0.2) is 59.9 Å². The van der Waals surface area contributed by atoms with Crippen LogP contribution in [0.3, 0.4) is 0 Å². The maximum Gasteiger partial charge on any atom is 0.324 e. The van der Waals surface area contributed by atoms with E-state index in [2.05, 4.69) is 11.1 Å². The number of anilines is 1. The van der Waals surface area contributed by atoms with Crippen molar-refractivity contribution in [2.75, 3.05) is 30.3 Å². The fraction of sp³-hybridized carbons (Fsp3) is 0.217. The van der Waals surface area contributed by atoms with Crippen LogP contribution in [0, 0.1) is 11.3 Å². The fourth-order valence-electron chi connectivity index (χ4n) is 4.21. The molecule has 5 rings (SSSR count). The molecule has 1 fully saturated rings. The lowest BCUT2D eigenvalue weighted by Crippen LogP contribution is -2.52. The van der Waals surface area contributed by atoms with Gasteiger partial charge in [0.05, 0.1) is 17.8 Å². The second kappa shape index (κ2) is 9.68. The molecule has 0 aliphatic carbocycles. The minimum Gasteiger partial charge on any atom is -0.609 e. The first-order valence-electron chi connectivity index (χ1n) is 10.3. The molecule has 0 spiro atoms. The number of piperazine rings is 1. The average Bonchev–Trinajstić information content (AvgIpc) is 3.40. The molecular formula is C23H19Cl2N5O3S. The van der Waals surface area contributed by atoms with Crippen molar-refractivity contribution in [1.29, 1.82) is 5.26 Å². The number of hydrogen-bond donors (Lipinski definition) is 0. The molecular weight excluding hydrogens is 497 g/mol. The highest BCUT2D eigenvalue weighted by molar-refractivity contribution is 7.91. The third-order valence-electron chi connectivity index (χ3n) is 5.86. The number of halogens is 2. The van der Waals surface area contributed by atoms with Crippen molar-refractivity contribution >= 4 is 52.7 Å². The Balaban J connectivity index is 0.00000274. The van der Waals surface area contributed by atoms with Crippen LogP contribution in [0.2, 0.25) is 5.02 Å². The van der Waals surface area contributed by atoms with E-state index in [4.69, 9.17) is 16.9 Å². The monoisotopic (exact) mass is 515 g/mol. The molecule has 0 N–H and O–H groups in total. The summed E-state index contributed by atoms with van der Waals surface area (Å²) in [4.78, 5) is 33.5. The maximum atomic E-state index is 13.4. The number of fused-ring (bicyclic) bond motifs is 1. The molecule has 2 aliphatic rings. The molecule has 34 heavy (non-hydrogen) atoms. The van der Waals surface area contributed by atoms with Gasteiger partial charge >= 0.3 is 5.16 Å². The number of carbonyl (C=O) groups is 2. The highest BCUT2D eigenvalue weighted by Gasteiger charge is 2.41. The SMILES string of the molecule is Cl.N#Cc1ccc(C2C[S+]([O-])c3ncc(C(=O)N4CCN(c5cccc(Cl)c5)C(=O)C4)n32)cc1. The number of hydrogen-bond acceptors (Lipinski definition) is 5. The number of imidazole rings is 1. The summed E-state index contributed by atoms with van der Waals surface area (Å²) >= 11 is 4.70. The lowest BCUT2D eigenvalue weighted by molar-refractivity contribution is -0.120. The standard InChI is InChI=1S/C23H18ClN5O3S.ClH/c24-17-2-1-3-18(10-17)28-9-8-27(13-21(28)30)22(31)19-12-26-23-29(19)20(14-33(23)32)16-6-4-15(11-25)5-7-16;/h1-7,10,12,20H,8-9,13-14H2;1H. The molecule has 2 aliphatic heterocycles. The largest absolute Gasteiger partial charge is 0.609 e. The number of nitriles is 1. The number of rotatable bonds is 3. The van der Waals surface area contributed by atoms with Crippen molar-refractivity contribution in [3.63, 3.8) is 0 Å². The smallest absolute Gasteiger partial charge is 0.324 e. The van der Waals surface area contributed by atoms with Crippen LogP contribution in [-0.4, -0.2) is 56.2 Å². The van der Waals surface area contributed by atoms with Crippen molar-refractivity contribution in [3.05, 3.63) is 76.6 Å². The molecule has 0 radical (unpaired) electrons. The topological polar surface area (TPSA) is 105 Å². The number of carbonyl (C=O) groups excluding carboxylic acids is 2. The minimum atomic E-state index is -1.35. The zero-order valence-corrected chi connectivity index (χ0v) is 20.1. The lowest BCUT2D eigenvalue weighted by Gasteiger charge is -2.34. The van der Waals surface area contributed by atoms with Crippen molar-refractivity contribution in [1.82, 2.24) is 14.5 Å². The fourth-order valence-corrected chi connectivity index (χ4v) is 5.79. The van der Waals surface area contributed by atoms with Gasteiger partial charge < -0.3 is 14.4 Å². The van der Waals surface area contributed by atoms with Gasteiger partial charge in [0.2, 0.25) is 5.91 Å². The van der Waals surface area contributed by atoms with E-state index in [-0.39, 0.29) is 36.8 Å². The predicted molar refractivity (Wildman–Crippen MR) is 130 cm³/mol. The Morgan fingerprint density at radius 1 is 1.21 bits per heavy atom. The van der Waals surface area contributed by atoms with Gasteiger partial charge in [0.15, 0.2) is 0 Å². The van der Waals surface area contributed by atoms with E-state index in [0.717, 1.165) is 5.56 Å². The van der Waals surface area contributed by atoms with E-state index in [1.807, 2.05) is 6.07 Å². The zero-order chi connectivity index (χ0) is 23.1. The third kappa shape index (κ3) is 4.26. The van der Waals surface area contributed by atoms with E-state index < -0.39 is 11.2 Å². The van der Waals surface area contributed by atoms with E-state index >= 15 is 0 Å². The van der Waals surface area contributed by atoms with E-state index in [9.17, 15) is 14.1 Å². The summed E-state index contributed by atoms with van der Waals surface area (Å²) in [6, 6.07) is 15.8. The zero-order valence-electron chi connectivity index (χ0n) is 17.8. The molecule has 8 nitrogen and oxygen atoms in total. The first-order valence-corrected chi connectivity index (χ1v) is 12.0. The quantitative estimate of drug-likeness (QED) is 0.498. The molecule has 3 heterocycles. The second-order valence-electron chi connectivity index (χ2n) is 7.81. The Labute approximate surface area is 210 Å². The summed E-state index contributed by atoms with van der Waals surface area (Å²) in [5.74, 6) is -0.229. The molecule has 2 aromatic carbocycles. The molecule has 0 bridgehead atoms. The third-order valence-corrected chi connectivity index (χ3v) is 7.42. The molecule has 3 aromatic rings. The van der Waals surface area contributed by atoms with Gasteiger partial charge in [-0.3, -0.25) is 14.2 Å². The molecule has 1 aromatic heterocycles. The Morgan fingerprint density at radius 3 is 2.65 bits per heavy atom. The van der Waals surface area contributed by atoms with Gasteiger partial charge in [-0.15, -0.1) is 12.4 Å². The highest BCUT2D eigenvalue weighted by Crippen LogP contribution is 2.34. The van der Waals surface area contributed by atoms with E-state index in [1.165, 1.54) is 11.1 Å². The summed E-state index contributed by atoms with van der Waals surface area (Å²) in [6.07, 6.45) is 1.43. The molecule has 0 saturated carbocycles. The van der Waals surface area contributed by atoms with Gasteiger partial charge in [-0.2, -0.15) is 10.2 Å². The second-order valence-corrected chi connectivity index (χ2v) is 9.64. The summed E-state index contributed by atoms with van der Waals surface area (Å²) < 4.78 is 14.3. The summed E-state index contributed by atoms with van der Waals surface area (Å²) in [5, 5.41) is 9.93. The van der Waals surface area contributed by atoms with Crippen molar-refractivity contribution < 1.29 is 14.1 Å². The normalized spacial score (nSPS) is 19.4. The maximum absolute atomic E-state index is 13.4. The average molecular weight is 516 g/mol. The van der Waals surface area contributed by atoms with Crippen molar-refractivity contribution in [2.45, 2.75) is 11.2 Å². The minimum absolute atomic E-state index is 0. The summed E-state index contributed by atoms with van der Waals surface area (Å²) in [7, 11) is 0. The van der Waals surface area contributed by atoms with Gasteiger partial charge in [-0.25, -0.2) is 0 Å². The number of amides is 2. The lowest BCUT2D eigenvalue weighted by atomic mass is 10.1. The molecule has 11 heteroatoms. The number of nitrogens with zero attached hydrogens (tertiary/aromatic N) is 5. The van der Waals surface area contributed by atoms with Crippen LogP contribution in [0.1, 0.15) is 27.7 Å². The van der Waals surface area contributed by atoms with Gasteiger partial charge in [0.1, 0.15) is 24.0 Å². The Hall–Kier alpha value is -3.03. The predicted octanol–water partition coefficient (Wildman–Crippen LogP) is 3.03. The number of benzene rings is 2. The Morgan fingerprint density at radius 2 is 1.97 bits per heavy atom. The molecule has 2 amide bonds. The van der Waals surface area contributed by atoms with E-state index in [0.29, 0.717) is 46.0 Å². The van der Waals surface area contributed by atoms with E-state index in [1.54, 1.807) is 51.9 Å². The molecule has 2 atom stereocenters. The van der Waals surface area contributed by atoms with Gasteiger partial charge in [-0.1, -0.05) is 29.8 Å². The summed E-state index contributed by atoms with van der Waals surface area (Å²) in [6.45, 7) is 0.621. The van der Waals surface area contributed by atoms with Gasteiger partial charge in [0.25, 0.3) is 5.91 Å². The van der Waals surface area contributed by atoms with Crippen LogP contribution in [0.4, 0.5) is 5.69 Å². The van der Waals surface area contributed by atoms with Crippen molar-refractivity contribution in [3.8, 4) is 6.07 Å². The highest BCUT2D eigenvalue weighted by atomic mass is 35.5. The Bertz CT molecular complexity index is 1290. The summed E-state index contributed by atoms with van der Waals surface area (Å²) in [5.41, 5.74) is 2.36. The van der Waals surface area contributed by atoms with Crippen LogP contribution in [0.5, 0.6) is 0 Å². The van der Waals surface area contributed by atoms with Gasteiger partial charge in [-0.05, 0) is 35.9 Å².